The highest BCUT2D eigenvalue weighted by molar-refractivity contribution is 5.62. The van der Waals surface area contributed by atoms with Gasteiger partial charge in [-0.15, -0.1) is 0 Å². The van der Waals surface area contributed by atoms with E-state index in [1.807, 2.05) is 19.9 Å². The molecule has 0 amide bonds. The summed E-state index contributed by atoms with van der Waals surface area (Å²) in [6.07, 6.45) is 4.63. The molecule has 0 aromatic heterocycles. The molecule has 0 bridgehead atoms. The molecule has 0 aromatic rings. The average Bonchev–Trinajstić information content (AvgIpc) is 1.97. The standard InChI is InChI=1S/C9H14O2/c1-8(2)3-4-9(7-11)5-6-10/h3,6-7,9H,4-5H2,1-2H3. The van der Waals surface area contributed by atoms with Crippen LogP contribution in [-0.4, -0.2) is 12.6 Å². The molecule has 62 valence electrons. The number of hydrogen-bond donors (Lipinski definition) is 0. The molecular formula is C9H14O2. The molecule has 0 aliphatic carbocycles. The second-order valence-electron chi connectivity index (χ2n) is 2.82. The van der Waals surface area contributed by atoms with Crippen LogP contribution >= 0.6 is 0 Å². The van der Waals surface area contributed by atoms with Gasteiger partial charge in [-0.1, -0.05) is 11.6 Å². The summed E-state index contributed by atoms with van der Waals surface area (Å²) in [6, 6.07) is 0. The normalized spacial score (nSPS) is 11.8. The number of rotatable bonds is 5. The van der Waals surface area contributed by atoms with E-state index >= 15 is 0 Å². The van der Waals surface area contributed by atoms with Gasteiger partial charge in [0, 0.05) is 12.3 Å². The van der Waals surface area contributed by atoms with Crippen LogP contribution in [0.25, 0.3) is 0 Å². The summed E-state index contributed by atoms with van der Waals surface area (Å²) in [6.45, 7) is 3.95. The number of aldehydes is 2. The van der Waals surface area contributed by atoms with E-state index in [4.69, 9.17) is 0 Å². The highest BCUT2D eigenvalue weighted by Gasteiger charge is 2.02. The quantitative estimate of drug-likeness (QED) is 0.446. The van der Waals surface area contributed by atoms with Gasteiger partial charge in [-0.05, 0) is 20.3 Å². The van der Waals surface area contributed by atoms with E-state index in [1.54, 1.807) is 0 Å². The van der Waals surface area contributed by atoms with Crippen molar-refractivity contribution in [3.63, 3.8) is 0 Å². The monoisotopic (exact) mass is 154 g/mol. The first-order valence-electron chi connectivity index (χ1n) is 3.73. The molecule has 0 N–H and O–H groups in total. The van der Waals surface area contributed by atoms with E-state index in [-0.39, 0.29) is 5.92 Å². The van der Waals surface area contributed by atoms with E-state index < -0.39 is 0 Å². The van der Waals surface area contributed by atoms with Crippen LogP contribution < -0.4 is 0 Å². The Kier molecular flexibility index (Phi) is 5.35. The molecule has 1 unspecified atom stereocenters. The first-order valence-corrected chi connectivity index (χ1v) is 3.73. The van der Waals surface area contributed by atoms with Crippen LogP contribution in [0, 0.1) is 5.92 Å². The predicted octanol–water partition coefficient (Wildman–Crippen LogP) is 1.75. The van der Waals surface area contributed by atoms with Crippen molar-refractivity contribution in [2.24, 2.45) is 5.92 Å². The smallest absolute Gasteiger partial charge is 0.123 e. The Bertz CT molecular complexity index is 155. The fraction of sp³-hybridized carbons (Fsp3) is 0.556. The second-order valence-corrected chi connectivity index (χ2v) is 2.82. The highest BCUT2D eigenvalue weighted by Crippen LogP contribution is 2.06. The van der Waals surface area contributed by atoms with Crippen molar-refractivity contribution in [2.75, 3.05) is 0 Å². The van der Waals surface area contributed by atoms with Gasteiger partial charge in [0.1, 0.15) is 12.6 Å². The third-order valence-electron chi connectivity index (χ3n) is 1.42. The lowest BCUT2D eigenvalue weighted by molar-refractivity contribution is -0.115. The van der Waals surface area contributed by atoms with Gasteiger partial charge in [-0.3, -0.25) is 0 Å². The van der Waals surface area contributed by atoms with Crippen molar-refractivity contribution < 1.29 is 9.59 Å². The number of carbonyl (C=O) groups excluding carboxylic acids is 2. The van der Waals surface area contributed by atoms with Gasteiger partial charge < -0.3 is 9.59 Å². The highest BCUT2D eigenvalue weighted by atomic mass is 16.1. The van der Waals surface area contributed by atoms with E-state index in [0.29, 0.717) is 12.8 Å². The zero-order valence-corrected chi connectivity index (χ0v) is 7.04. The Morgan fingerprint density at radius 1 is 1.27 bits per heavy atom. The van der Waals surface area contributed by atoms with E-state index in [0.717, 1.165) is 12.6 Å². The van der Waals surface area contributed by atoms with Crippen LogP contribution in [-0.2, 0) is 9.59 Å². The largest absolute Gasteiger partial charge is 0.303 e. The first kappa shape index (κ1) is 10.1. The molecular weight excluding hydrogens is 140 g/mol. The van der Waals surface area contributed by atoms with Crippen LogP contribution in [0.2, 0.25) is 0 Å². The molecule has 0 aliphatic rings. The van der Waals surface area contributed by atoms with E-state index in [1.165, 1.54) is 5.57 Å². The molecule has 0 heterocycles. The maximum absolute atomic E-state index is 10.3. The Morgan fingerprint density at radius 3 is 2.27 bits per heavy atom. The molecule has 2 heteroatoms. The number of hydrogen-bond acceptors (Lipinski definition) is 2. The summed E-state index contributed by atoms with van der Waals surface area (Å²) >= 11 is 0. The minimum Gasteiger partial charge on any atom is -0.303 e. The average molecular weight is 154 g/mol. The lowest BCUT2D eigenvalue weighted by atomic mass is 10.0. The van der Waals surface area contributed by atoms with Crippen molar-refractivity contribution in [1.29, 1.82) is 0 Å². The van der Waals surface area contributed by atoms with Crippen LogP contribution in [0.5, 0.6) is 0 Å². The number of allylic oxidation sites excluding steroid dienone is 2. The Hall–Kier alpha value is -0.920. The Morgan fingerprint density at radius 2 is 1.91 bits per heavy atom. The number of carbonyl (C=O) groups is 2. The van der Waals surface area contributed by atoms with Gasteiger partial charge in [-0.25, -0.2) is 0 Å². The summed E-state index contributed by atoms with van der Waals surface area (Å²) in [5.41, 5.74) is 1.18. The Labute approximate surface area is 67.3 Å². The van der Waals surface area contributed by atoms with Crippen molar-refractivity contribution in [3.05, 3.63) is 11.6 Å². The molecule has 0 saturated heterocycles. The van der Waals surface area contributed by atoms with Crippen molar-refractivity contribution >= 4 is 12.6 Å². The zero-order chi connectivity index (χ0) is 8.69. The first-order chi connectivity index (χ1) is 5.20. The topological polar surface area (TPSA) is 34.1 Å². The molecule has 0 fully saturated rings. The second kappa shape index (κ2) is 5.83. The molecule has 0 radical (unpaired) electrons. The van der Waals surface area contributed by atoms with Crippen molar-refractivity contribution in [2.45, 2.75) is 26.7 Å². The molecule has 0 rings (SSSR count). The van der Waals surface area contributed by atoms with Crippen molar-refractivity contribution in [1.82, 2.24) is 0 Å². The summed E-state index contributed by atoms with van der Waals surface area (Å²) in [4.78, 5) is 20.4. The molecule has 0 aliphatic heterocycles. The molecule has 0 spiro atoms. The molecule has 0 aromatic carbocycles. The summed E-state index contributed by atoms with van der Waals surface area (Å²) in [5, 5.41) is 0. The fourth-order valence-electron chi connectivity index (χ4n) is 0.718. The molecule has 1 atom stereocenters. The summed E-state index contributed by atoms with van der Waals surface area (Å²) < 4.78 is 0. The van der Waals surface area contributed by atoms with Gasteiger partial charge in [0.25, 0.3) is 0 Å². The van der Waals surface area contributed by atoms with Crippen LogP contribution in [0.1, 0.15) is 26.7 Å². The van der Waals surface area contributed by atoms with Gasteiger partial charge >= 0.3 is 0 Å². The molecule has 2 nitrogen and oxygen atoms in total. The zero-order valence-electron chi connectivity index (χ0n) is 7.04. The minimum atomic E-state index is -0.123. The maximum atomic E-state index is 10.3. The predicted molar refractivity (Wildman–Crippen MR) is 44.3 cm³/mol. The molecule has 11 heavy (non-hydrogen) atoms. The minimum absolute atomic E-state index is 0.123. The SMILES string of the molecule is CC(C)=CCC(C=O)CC=O. The lowest BCUT2D eigenvalue weighted by Crippen LogP contribution is -2.00. The lowest BCUT2D eigenvalue weighted by Gasteiger charge is -2.00. The molecule has 0 saturated carbocycles. The van der Waals surface area contributed by atoms with Crippen LogP contribution in [0.4, 0.5) is 0 Å². The van der Waals surface area contributed by atoms with Gasteiger partial charge in [0.2, 0.25) is 0 Å². The maximum Gasteiger partial charge on any atom is 0.123 e. The van der Waals surface area contributed by atoms with Gasteiger partial charge in [-0.2, -0.15) is 0 Å². The van der Waals surface area contributed by atoms with Gasteiger partial charge in [0.05, 0.1) is 0 Å². The van der Waals surface area contributed by atoms with Crippen LogP contribution in [0.15, 0.2) is 11.6 Å². The third-order valence-corrected chi connectivity index (χ3v) is 1.42. The summed E-state index contributed by atoms with van der Waals surface area (Å²) in [5.74, 6) is -0.123. The van der Waals surface area contributed by atoms with E-state index in [2.05, 4.69) is 0 Å². The van der Waals surface area contributed by atoms with E-state index in [9.17, 15) is 9.59 Å². The third kappa shape index (κ3) is 5.52. The van der Waals surface area contributed by atoms with Crippen LogP contribution in [0.3, 0.4) is 0 Å². The fourth-order valence-corrected chi connectivity index (χ4v) is 0.718. The summed E-state index contributed by atoms with van der Waals surface area (Å²) in [7, 11) is 0. The Balaban J connectivity index is 3.77. The van der Waals surface area contributed by atoms with Crippen molar-refractivity contribution in [3.8, 4) is 0 Å². The van der Waals surface area contributed by atoms with Gasteiger partial charge in [0.15, 0.2) is 0 Å².